The predicted molar refractivity (Wildman–Crippen MR) is 49.3 cm³/mol. The molecule has 14 heavy (non-hydrogen) atoms. The molecule has 1 aliphatic heterocycles. The number of ether oxygens (including phenoxy) is 1. The monoisotopic (exact) mass is 214 g/mol. The van der Waals surface area contributed by atoms with Gasteiger partial charge in [0.1, 0.15) is 16.7 Å². The van der Waals surface area contributed by atoms with E-state index < -0.39 is 11.4 Å². The van der Waals surface area contributed by atoms with Crippen molar-refractivity contribution in [3.05, 3.63) is 11.3 Å². The van der Waals surface area contributed by atoms with E-state index in [1.807, 2.05) is 0 Å². The third kappa shape index (κ3) is 1.40. The molecule has 5 nitrogen and oxygen atoms in total. The number of carboxylic acid groups (broad SMARTS) is 1. The quantitative estimate of drug-likeness (QED) is 0.783. The third-order valence-corrected chi connectivity index (χ3v) is 3.40. The van der Waals surface area contributed by atoms with E-state index in [1.54, 1.807) is 0 Å². The fourth-order valence-electron chi connectivity index (χ4n) is 1.62. The van der Waals surface area contributed by atoms with Gasteiger partial charge in [-0.3, -0.25) is 4.79 Å². The van der Waals surface area contributed by atoms with Gasteiger partial charge in [-0.25, -0.2) is 4.98 Å². The van der Waals surface area contributed by atoms with E-state index in [2.05, 4.69) is 9.36 Å². The summed E-state index contributed by atoms with van der Waals surface area (Å²) in [5, 5.41) is 9.83. The Bertz CT molecular complexity index is 319. The van der Waals surface area contributed by atoms with Gasteiger partial charge in [-0.2, -0.15) is 4.37 Å². The molecular weight excluding hydrogens is 204 g/mol. The summed E-state index contributed by atoms with van der Waals surface area (Å²) >= 11 is 1.16. The SMILES string of the molecule is O=C(O)C1(c2ncns2)CCOCC1. The summed E-state index contributed by atoms with van der Waals surface area (Å²) in [6, 6.07) is 0. The lowest BCUT2D eigenvalue weighted by Crippen LogP contribution is -2.41. The fourth-order valence-corrected chi connectivity index (χ4v) is 2.38. The van der Waals surface area contributed by atoms with Gasteiger partial charge in [0.25, 0.3) is 0 Å². The van der Waals surface area contributed by atoms with Crippen LogP contribution in [0.15, 0.2) is 6.33 Å². The van der Waals surface area contributed by atoms with Crippen LogP contribution < -0.4 is 0 Å². The first kappa shape index (κ1) is 9.54. The van der Waals surface area contributed by atoms with E-state index in [0.717, 1.165) is 11.5 Å². The molecule has 0 amide bonds. The first-order valence-corrected chi connectivity index (χ1v) is 5.11. The summed E-state index contributed by atoms with van der Waals surface area (Å²) in [5.74, 6) is -0.822. The molecule has 0 bridgehead atoms. The summed E-state index contributed by atoms with van der Waals surface area (Å²) in [7, 11) is 0. The topological polar surface area (TPSA) is 72.3 Å². The standard InChI is InChI=1S/C8H10N2O3S/c11-7(12)8(1-3-13-4-2-8)6-9-5-10-14-6/h5H,1-4H2,(H,11,12). The van der Waals surface area contributed by atoms with E-state index >= 15 is 0 Å². The number of carboxylic acids is 1. The van der Waals surface area contributed by atoms with Gasteiger partial charge in [0.2, 0.25) is 0 Å². The largest absolute Gasteiger partial charge is 0.481 e. The van der Waals surface area contributed by atoms with Crippen molar-refractivity contribution in [3.63, 3.8) is 0 Å². The molecule has 6 heteroatoms. The number of nitrogens with zero attached hydrogens (tertiary/aromatic N) is 2. The number of hydrogen-bond donors (Lipinski definition) is 1. The van der Waals surface area contributed by atoms with Crippen LogP contribution in [0.1, 0.15) is 17.8 Å². The average Bonchev–Trinajstić information content (AvgIpc) is 2.72. The Balaban J connectivity index is 2.35. The van der Waals surface area contributed by atoms with Crippen LogP contribution in [0.2, 0.25) is 0 Å². The molecule has 0 saturated carbocycles. The Morgan fingerprint density at radius 3 is 2.79 bits per heavy atom. The molecule has 2 heterocycles. The molecule has 1 N–H and O–H groups in total. The van der Waals surface area contributed by atoms with Crippen molar-refractivity contribution in [1.29, 1.82) is 0 Å². The highest BCUT2D eigenvalue weighted by Crippen LogP contribution is 2.35. The summed E-state index contributed by atoms with van der Waals surface area (Å²) in [6.07, 6.45) is 2.37. The van der Waals surface area contributed by atoms with Crippen LogP contribution in [0, 0.1) is 0 Å². The summed E-state index contributed by atoms with van der Waals surface area (Å²) < 4.78 is 9.02. The van der Waals surface area contributed by atoms with Crippen molar-refractivity contribution >= 4 is 17.5 Å². The summed E-state index contributed by atoms with van der Waals surface area (Å²) in [6.45, 7) is 0.956. The normalized spacial score (nSPS) is 20.6. The van der Waals surface area contributed by atoms with Gasteiger partial charge in [0.05, 0.1) is 0 Å². The van der Waals surface area contributed by atoms with Crippen LogP contribution in [0.3, 0.4) is 0 Å². The molecule has 0 unspecified atom stereocenters. The summed E-state index contributed by atoms with van der Waals surface area (Å²) in [4.78, 5) is 15.3. The van der Waals surface area contributed by atoms with Crippen molar-refractivity contribution in [2.75, 3.05) is 13.2 Å². The van der Waals surface area contributed by atoms with Crippen molar-refractivity contribution in [2.24, 2.45) is 0 Å². The van der Waals surface area contributed by atoms with Crippen molar-refractivity contribution in [3.8, 4) is 0 Å². The molecule has 0 radical (unpaired) electrons. The molecule has 0 aromatic carbocycles. The molecule has 1 aliphatic rings. The third-order valence-electron chi connectivity index (χ3n) is 2.53. The fraction of sp³-hybridized carbons (Fsp3) is 0.625. The van der Waals surface area contributed by atoms with Gasteiger partial charge in [0.15, 0.2) is 0 Å². The van der Waals surface area contributed by atoms with Gasteiger partial charge >= 0.3 is 5.97 Å². The van der Waals surface area contributed by atoms with Gasteiger partial charge < -0.3 is 9.84 Å². The van der Waals surface area contributed by atoms with Gasteiger partial charge in [-0.1, -0.05) is 0 Å². The van der Waals surface area contributed by atoms with E-state index in [9.17, 15) is 9.90 Å². The number of carbonyl (C=O) groups is 1. The number of aromatic nitrogens is 2. The minimum atomic E-state index is -0.862. The molecule has 1 aromatic heterocycles. The Hall–Kier alpha value is -1.01. The minimum Gasteiger partial charge on any atom is -0.481 e. The zero-order valence-corrected chi connectivity index (χ0v) is 8.29. The maximum atomic E-state index is 11.3. The van der Waals surface area contributed by atoms with Crippen LogP contribution in [-0.2, 0) is 14.9 Å². The van der Waals surface area contributed by atoms with Crippen LogP contribution in [0.5, 0.6) is 0 Å². The van der Waals surface area contributed by atoms with Crippen LogP contribution in [-0.4, -0.2) is 33.6 Å². The Morgan fingerprint density at radius 1 is 1.57 bits per heavy atom. The second-order valence-corrected chi connectivity index (χ2v) is 4.03. The molecule has 0 atom stereocenters. The highest BCUT2D eigenvalue weighted by Gasteiger charge is 2.44. The second kappa shape index (κ2) is 3.62. The molecule has 1 fully saturated rings. The number of aliphatic carboxylic acids is 1. The number of hydrogen-bond acceptors (Lipinski definition) is 5. The zero-order chi connectivity index (χ0) is 10.0. The summed E-state index contributed by atoms with van der Waals surface area (Å²) in [5.41, 5.74) is -0.862. The molecule has 76 valence electrons. The maximum absolute atomic E-state index is 11.3. The maximum Gasteiger partial charge on any atom is 0.316 e. The van der Waals surface area contributed by atoms with E-state index in [0.29, 0.717) is 31.1 Å². The van der Waals surface area contributed by atoms with Crippen molar-refractivity contribution < 1.29 is 14.6 Å². The van der Waals surface area contributed by atoms with E-state index in [4.69, 9.17) is 4.74 Å². The van der Waals surface area contributed by atoms with Crippen LogP contribution >= 0.6 is 11.5 Å². The highest BCUT2D eigenvalue weighted by atomic mass is 32.1. The highest BCUT2D eigenvalue weighted by molar-refractivity contribution is 7.05. The Morgan fingerprint density at radius 2 is 2.29 bits per heavy atom. The predicted octanol–water partition coefficient (Wildman–Crippen LogP) is 0.671. The van der Waals surface area contributed by atoms with Gasteiger partial charge in [0, 0.05) is 13.2 Å². The Kier molecular flexibility index (Phi) is 2.47. The Labute approximate surface area is 84.9 Å². The van der Waals surface area contributed by atoms with Crippen LogP contribution in [0.4, 0.5) is 0 Å². The molecule has 1 aromatic rings. The second-order valence-electron chi connectivity index (χ2n) is 3.25. The van der Waals surface area contributed by atoms with Gasteiger partial charge in [-0.05, 0) is 24.4 Å². The first-order valence-electron chi connectivity index (χ1n) is 4.34. The smallest absolute Gasteiger partial charge is 0.316 e. The molecule has 0 aliphatic carbocycles. The molecular formula is C8H10N2O3S. The zero-order valence-electron chi connectivity index (χ0n) is 7.47. The van der Waals surface area contributed by atoms with Gasteiger partial charge in [-0.15, -0.1) is 0 Å². The number of rotatable bonds is 2. The molecule has 0 spiro atoms. The molecule has 2 rings (SSSR count). The van der Waals surface area contributed by atoms with Crippen molar-refractivity contribution in [1.82, 2.24) is 9.36 Å². The molecule has 1 saturated heterocycles. The van der Waals surface area contributed by atoms with E-state index in [1.165, 1.54) is 6.33 Å². The van der Waals surface area contributed by atoms with Crippen molar-refractivity contribution in [2.45, 2.75) is 18.3 Å². The lowest BCUT2D eigenvalue weighted by atomic mass is 9.81. The first-order chi connectivity index (χ1) is 6.76. The average molecular weight is 214 g/mol. The lowest BCUT2D eigenvalue weighted by Gasteiger charge is -2.30. The lowest BCUT2D eigenvalue weighted by molar-refractivity contribution is -0.147. The minimum absolute atomic E-state index is 0.478. The van der Waals surface area contributed by atoms with E-state index in [-0.39, 0.29) is 0 Å². The van der Waals surface area contributed by atoms with Crippen LogP contribution in [0.25, 0.3) is 0 Å².